The van der Waals surface area contributed by atoms with E-state index in [0.717, 1.165) is 30.8 Å². The van der Waals surface area contributed by atoms with Crippen molar-refractivity contribution < 1.29 is 14.4 Å². The average molecular weight is 384 g/mol. The van der Waals surface area contributed by atoms with E-state index < -0.39 is 6.04 Å². The quantitative estimate of drug-likeness (QED) is 0.657. The summed E-state index contributed by atoms with van der Waals surface area (Å²) in [6.45, 7) is 5.46. The van der Waals surface area contributed by atoms with Gasteiger partial charge >= 0.3 is 0 Å². The highest BCUT2D eigenvalue weighted by Gasteiger charge is 2.39. The Morgan fingerprint density at radius 1 is 1.21 bits per heavy atom. The molecule has 2 saturated heterocycles. The molecule has 3 N–H and O–H groups in total. The molecule has 0 bridgehead atoms. The Labute approximate surface area is 165 Å². The second kappa shape index (κ2) is 8.01. The van der Waals surface area contributed by atoms with Crippen molar-refractivity contribution in [3.8, 4) is 0 Å². The number of imide groups is 1. The van der Waals surface area contributed by atoms with Crippen molar-refractivity contribution in [3.63, 3.8) is 0 Å². The van der Waals surface area contributed by atoms with Crippen molar-refractivity contribution in [2.45, 2.75) is 57.8 Å². The molecule has 1 aromatic rings. The number of hydrogen-bond donors (Lipinski definition) is 3. The van der Waals surface area contributed by atoms with Crippen molar-refractivity contribution in [2.24, 2.45) is 5.92 Å². The van der Waals surface area contributed by atoms with Gasteiger partial charge in [-0.25, -0.2) is 0 Å². The lowest BCUT2D eigenvalue weighted by Gasteiger charge is -2.29. The number of fused-ring (bicyclic) bond motifs is 1. The van der Waals surface area contributed by atoms with E-state index in [1.165, 1.54) is 12.8 Å². The van der Waals surface area contributed by atoms with E-state index in [2.05, 4.69) is 28.9 Å². The van der Waals surface area contributed by atoms with E-state index >= 15 is 0 Å². The van der Waals surface area contributed by atoms with E-state index in [1.807, 2.05) is 12.1 Å². The smallest absolute Gasteiger partial charge is 0.255 e. The van der Waals surface area contributed by atoms with Gasteiger partial charge in [0.1, 0.15) is 6.04 Å². The predicted molar refractivity (Wildman–Crippen MR) is 104 cm³/mol. The number of rotatable bonds is 5. The molecule has 4 rings (SSSR count). The minimum Gasteiger partial charge on any atom is -0.322 e. The van der Waals surface area contributed by atoms with Crippen molar-refractivity contribution >= 4 is 17.7 Å². The zero-order valence-electron chi connectivity index (χ0n) is 16.3. The van der Waals surface area contributed by atoms with Crippen LogP contribution in [-0.2, 0) is 22.7 Å². The fraction of sp³-hybridized carbons (Fsp3) is 0.571. The number of nitrogens with one attached hydrogen (secondary N) is 3. The number of benzene rings is 1. The Morgan fingerprint density at radius 2 is 2.07 bits per heavy atom. The summed E-state index contributed by atoms with van der Waals surface area (Å²) in [5.41, 5.74) is 2.71. The molecule has 0 spiro atoms. The van der Waals surface area contributed by atoms with Crippen LogP contribution in [0, 0.1) is 5.92 Å². The second-order valence-corrected chi connectivity index (χ2v) is 8.27. The first-order chi connectivity index (χ1) is 13.5. The molecule has 3 aliphatic heterocycles. The van der Waals surface area contributed by atoms with E-state index in [0.29, 0.717) is 30.5 Å². The van der Waals surface area contributed by atoms with Crippen LogP contribution in [0.3, 0.4) is 0 Å². The molecular weight excluding hydrogens is 356 g/mol. The van der Waals surface area contributed by atoms with Gasteiger partial charge < -0.3 is 15.5 Å². The Kier molecular flexibility index (Phi) is 5.46. The standard InChI is InChI=1S/C21H28N4O3/c1-13-8-15(6-7-23-13)11-22-10-14-2-3-16-12-25(21(28)17(16)9-14)18-4-5-19(26)24-20(18)27/h2-3,9,13,15,18,22-23H,4-8,10-12H2,1H3,(H,24,26,27). The number of piperidine rings is 2. The second-order valence-electron chi connectivity index (χ2n) is 8.27. The molecule has 150 valence electrons. The molecule has 2 fully saturated rings. The van der Waals surface area contributed by atoms with Gasteiger partial charge in [-0.3, -0.25) is 19.7 Å². The average Bonchev–Trinajstić information content (AvgIpc) is 2.98. The third-order valence-corrected chi connectivity index (χ3v) is 6.09. The Hall–Kier alpha value is -2.25. The third kappa shape index (κ3) is 3.95. The minimum atomic E-state index is -0.555. The minimum absolute atomic E-state index is 0.112. The van der Waals surface area contributed by atoms with Crippen LogP contribution in [0.5, 0.6) is 0 Å². The monoisotopic (exact) mass is 384 g/mol. The Balaban J connectivity index is 1.36. The van der Waals surface area contributed by atoms with Crippen molar-refractivity contribution in [1.29, 1.82) is 0 Å². The molecule has 7 heteroatoms. The van der Waals surface area contributed by atoms with Crippen LogP contribution in [0.2, 0.25) is 0 Å². The van der Waals surface area contributed by atoms with Gasteiger partial charge in [0.2, 0.25) is 11.8 Å². The number of hydrogen-bond acceptors (Lipinski definition) is 5. The molecule has 1 aromatic carbocycles. The van der Waals surface area contributed by atoms with E-state index in [9.17, 15) is 14.4 Å². The number of nitrogens with zero attached hydrogens (tertiary/aromatic N) is 1. The van der Waals surface area contributed by atoms with Gasteiger partial charge in [-0.1, -0.05) is 12.1 Å². The molecule has 3 unspecified atom stereocenters. The highest BCUT2D eigenvalue weighted by Crippen LogP contribution is 2.28. The largest absolute Gasteiger partial charge is 0.322 e. The molecule has 0 saturated carbocycles. The molecule has 3 atom stereocenters. The highest BCUT2D eigenvalue weighted by molar-refractivity contribution is 6.05. The van der Waals surface area contributed by atoms with Crippen LogP contribution in [0.1, 0.15) is 54.1 Å². The fourth-order valence-electron chi connectivity index (χ4n) is 4.55. The summed E-state index contributed by atoms with van der Waals surface area (Å²) < 4.78 is 0. The van der Waals surface area contributed by atoms with Crippen LogP contribution in [0.15, 0.2) is 18.2 Å². The first-order valence-electron chi connectivity index (χ1n) is 10.2. The third-order valence-electron chi connectivity index (χ3n) is 6.09. The molecule has 3 amide bonds. The van der Waals surface area contributed by atoms with Gasteiger partial charge in [0.15, 0.2) is 0 Å². The topological polar surface area (TPSA) is 90.5 Å². The lowest BCUT2D eigenvalue weighted by atomic mass is 9.93. The lowest BCUT2D eigenvalue weighted by molar-refractivity contribution is -0.136. The van der Waals surface area contributed by atoms with Crippen LogP contribution in [0.4, 0.5) is 0 Å². The molecule has 7 nitrogen and oxygen atoms in total. The first-order valence-corrected chi connectivity index (χ1v) is 10.2. The maximum Gasteiger partial charge on any atom is 0.255 e. The maximum atomic E-state index is 12.9. The first kappa shape index (κ1) is 19.1. The molecule has 0 aromatic heterocycles. The molecule has 28 heavy (non-hydrogen) atoms. The molecule has 3 heterocycles. The lowest BCUT2D eigenvalue weighted by Crippen LogP contribution is -2.52. The van der Waals surface area contributed by atoms with Gasteiger partial charge in [0.05, 0.1) is 0 Å². The summed E-state index contributed by atoms with van der Waals surface area (Å²) in [7, 11) is 0. The summed E-state index contributed by atoms with van der Waals surface area (Å²) in [6, 6.07) is 6.01. The van der Waals surface area contributed by atoms with E-state index in [1.54, 1.807) is 4.90 Å². The molecular formula is C21H28N4O3. The predicted octanol–water partition coefficient (Wildman–Crippen LogP) is 0.925. The normalized spacial score (nSPS) is 27.7. The molecule has 3 aliphatic rings. The summed E-state index contributed by atoms with van der Waals surface area (Å²) in [5, 5.41) is 9.34. The Bertz CT molecular complexity index is 794. The maximum absolute atomic E-state index is 12.9. The summed E-state index contributed by atoms with van der Waals surface area (Å²) in [4.78, 5) is 38.0. The van der Waals surface area contributed by atoms with Crippen molar-refractivity contribution in [2.75, 3.05) is 13.1 Å². The van der Waals surface area contributed by atoms with Crippen LogP contribution in [0.25, 0.3) is 0 Å². The van der Waals surface area contributed by atoms with Crippen molar-refractivity contribution in [3.05, 3.63) is 34.9 Å². The van der Waals surface area contributed by atoms with Crippen LogP contribution >= 0.6 is 0 Å². The van der Waals surface area contributed by atoms with Gasteiger partial charge in [0, 0.05) is 31.1 Å². The Morgan fingerprint density at radius 3 is 2.86 bits per heavy atom. The molecule has 0 aliphatic carbocycles. The highest BCUT2D eigenvalue weighted by atomic mass is 16.2. The summed E-state index contributed by atoms with van der Waals surface area (Å²) in [6.07, 6.45) is 3.06. The summed E-state index contributed by atoms with van der Waals surface area (Å²) in [5.74, 6) is -0.0498. The number of carbonyl (C=O) groups is 3. The van der Waals surface area contributed by atoms with Crippen molar-refractivity contribution in [1.82, 2.24) is 20.9 Å². The van der Waals surface area contributed by atoms with Gasteiger partial charge in [-0.2, -0.15) is 0 Å². The zero-order valence-corrected chi connectivity index (χ0v) is 16.3. The summed E-state index contributed by atoms with van der Waals surface area (Å²) >= 11 is 0. The van der Waals surface area contributed by atoms with Gasteiger partial charge in [-0.05, 0) is 62.4 Å². The van der Waals surface area contributed by atoms with Crippen LogP contribution < -0.4 is 16.0 Å². The van der Waals surface area contributed by atoms with E-state index in [4.69, 9.17) is 0 Å². The fourth-order valence-corrected chi connectivity index (χ4v) is 4.55. The van der Waals surface area contributed by atoms with Crippen LogP contribution in [-0.4, -0.2) is 47.8 Å². The zero-order chi connectivity index (χ0) is 19.7. The van der Waals surface area contributed by atoms with Gasteiger partial charge in [-0.15, -0.1) is 0 Å². The number of amides is 3. The SMILES string of the molecule is CC1CC(CNCc2ccc3c(c2)C(=O)N(C2CCC(=O)NC2=O)C3)CCN1. The van der Waals surface area contributed by atoms with E-state index in [-0.39, 0.29) is 24.1 Å². The number of carbonyl (C=O) groups excluding carboxylic acids is 3. The molecule has 0 radical (unpaired) electrons. The van der Waals surface area contributed by atoms with Gasteiger partial charge in [0.25, 0.3) is 5.91 Å².